The molecule has 0 atom stereocenters. The molecule has 1 N–H and O–H groups in total. The Morgan fingerprint density at radius 3 is 1.75 bits per heavy atom. The largest absolute Gasteiger partial charge is 0.476 e. The van der Waals surface area contributed by atoms with Gasteiger partial charge in [0.15, 0.2) is 11.4 Å². The molecule has 6 nitrogen and oxygen atoms in total. The number of carbonyl (C=O) groups excluding carboxylic acids is 1. The lowest BCUT2D eigenvalue weighted by atomic mass is 9.88. The fourth-order valence-corrected chi connectivity index (χ4v) is 4.12. The number of nitrogens with zero attached hydrogens (tertiary/aromatic N) is 3. The number of aromatic nitrogens is 2. The van der Waals surface area contributed by atoms with Crippen LogP contribution in [0.25, 0.3) is 0 Å². The van der Waals surface area contributed by atoms with Gasteiger partial charge in [0.05, 0.1) is 0 Å². The van der Waals surface area contributed by atoms with Gasteiger partial charge >= 0.3 is 5.97 Å². The number of hydrogen-bond acceptors (Lipinski definition) is 4. The Balaban J connectivity index is 1.92. The lowest BCUT2D eigenvalue weighted by Crippen LogP contribution is -2.49. The highest BCUT2D eigenvalue weighted by Gasteiger charge is 2.35. The van der Waals surface area contributed by atoms with Crippen molar-refractivity contribution in [1.29, 1.82) is 0 Å². The first-order valence-electron chi connectivity index (χ1n) is 9.05. The Kier molecular flexibility index (Phi) is 5.43. The van der Waals surface area contributed by atoms with E-state index >= 15 is 0 Å². The molecule has 1 heterocycles. The SMILES string of the molecule is O=C(O)c1nccnc1C(=O)N(C1CCCCC1)C1CCCCC1. The van der Waals surface area contributed by atoms with Crippen LogP contribution >= 0.6 is 0 Å². The van der Waals surface area contributed by atoms with E-state index in [1.54, 1.807) is 0 Å². The molecule has 0 saturated heterocycles. The third kappa shape index (κ3) is 3.57. The number of carboxylic acid groups (broad SMARTS) is 1. The average molecular weight is 331 g/mol. The van der Waals surface area contributed by atoms with E-state index in [9.17, 15) is 14.7 Å². The summed E-state index contributed by atoms with van der Waals surface area (Å²) in [5.74, 6) is -1.45. The van der Waals surface area contributed by atoms with E-state index in [1.807, 2.05) is 4.90 Å². The maximum absolute atomic E-state index is 13.2. The summed E-state index contributed by atoms with van der Waals surface area (Å²) in [5, 5.41) is 9.34. The first-order chi connectivity index (χ1) is 11.7. The molecule has 2 aliphatic rings. The molecule has 0 spiro atoms. The van der Waals surface area contributed by atoms with Crippen LogP contribution in [0, 0.1) is 0 Å². The lowest BCUT2D eigenvalue weighted by molar-refractivity contribution is 0.0434. The summed E-state index contributed by atoms with van der Waals surface area (Å²) >= 11 is 0. The van der Waals surface area contributed by atoms with Gasteiger partial charge in [-0.1, -0.05) is 38.5 Å². The summed E-state index contributed by atoms with van der Waals surface area (Å²) in [6.07, 6.45) is 13.7. The van der Waals surface area contributed by atoms with Gasteiger partial charge in [0.25, 0.3) is 5.91 Å². The number of amides is 1. The van der Waals surface area contributed by atoms with Gasteiger partial charge in [-0.15, -0.1) is 0 Å². The zero-order chi connectivity index (χ0) is 16.9. The average Bonchev–Trinajstić information content (AvgIpc) is 2.63. The van der Waals surface area contributed by atoms with Crippen LogP contribution in [0.2, 0.25) is 0 Å². The van der Waals surface area contributed by atoms with Crippen molar-refractivity contribution in [2.75, 3.05) is 0 Å². The van der Waals surface area contributed by atoms with Crippen LogP contribution in [0.4, 0.5) is 0 Å². The molecule has 0 aromatic carbocycles. The van der Waals surface area contributed by atoms with E-state index in [0.29, 0.717) is 0 Å². The molecule has 1 amide bonds. The Morgan fingerprint density at radius 2 is 1.29 bits per heavy atom. The van der Waals surface area contributed by atoms with Crippen molar-refractivity contribution < 1.29 is 14.7 Å². The molecular formula is C18H25N3O3. The van der Waals surface area contributed by atoms with Crippen LogP contribution in [0.1, 0.15) is 85.2 Å². The normalized spacial score (nSPS) is 19.8. The minimum absolute atomic E-state index is 0.0128. The highest BCUT2D eigenvalue weighted by Crippen LogP contribution is 2.31. The first kappa shape index (κ1) is 16.9. The minimum atomic E-state index is -1.20. The summed E-state index contributed by atoms with van der Waals surface area (Å²) in [7, 11) is 0. The lowest BCUT2D eigenvalue weighted by Gasteiger charge is -2.41. The van der Waals surface area contributed by atoms with Crippen molar-refractivity contribution in [2.45, 2.75) is 76.3 Å². The van der Waals surface area contributed by atoms with Gasteiger partial charge in [-0.25, -0.2) is 14.8 Å². The topological polar surface area (TPSA) is 83.4 Å². The second-order valence-corrected chi connectivity index (χ2v) is 6.85. The molecule has 0 aliphatic heterocycles. The van der Waals surface area contributed by atoms with E-state index in [2.05, 4.69) is 9.97 Å². The maximum Gasteiger partial charge on any atom is 0.356 e. The number of hydrogen-bond donors (Lipinski definition) is 1. The molecule has 2 aliphatic carbocycles. The highest BCUT2D eigenvalue weighted by molar-refractivity contribution is 6.02. The quantitative estimate of drug-likeness (QED) is 0.915. The van der Waals surface area contributed by atoms with E-state index in [0.717, 1.165) is 51.4 Å². The fourth-order valence-electron chi connectivity index (χ4n) is 4.12. The predicted octanol–water partition coefficient (Wildman–Crippen LogP) is 3.28. The molecule has 2 saturated carbocycles. The van der Waals surface area contributed by atoms with Crippen molar-refractivity contribution in [3.63, 3.8) is 0 Å². The molecule has 130 valence electrons. The van der Waals surface area contributed by atoms with Gasteiger partial charge in [0, 0.05) is 24.5 Å². The zero-order valence-electron chi connectivity index (χ0n) is 14.0. The number of aromatic carboxylic acids is 1. The monoisotopic (exact) mass is 331 g/mol. The molecule has 6 heteroatoms. The highest BCUT2D eigenvalue weighted by atomic mass is 16.4. The van der Waals surface area contributed by atoms with Crippen molar-refractivity contribution >= 4 is 11.9 Å². The van der Waals surface area contributed by atoms with Gasteiger partial charge in [-0.3, -0.25) is 4.79 Å². The van der Waals surface area contributed by atoms with Crippen molar-refractivity contribution in [2.24, 2.45) is 0 Å². The summed E-state index contributed by atoms with van der Waals surface area (Å²) in [6, 6.07) is 0.413. The molecular weight excluding hydrogens is 306 g/mol. The van der Waals surface area contributed by atoms with E-state index < -0.39 is 5.97 Å². The minimum Gasteiger partial charge on any atom is -0.476 e. The van der Waals surface area contributed by atoms with Gasteiger partial charge < -0.3 is 10.0 Å². The summed E-state index contributed by atoms with van der Waals surface area (Å²) in [4.78, 5) is 34.6. The Morgan fingerprint density at radius 1 is 0.833 bits per heavy atom. The molecule has 0 bridgehead atoms. The Bertz CT molecular complexity index is 575. The standard InChI is InChI=1S/C18H25N3O3/c22-17(15-16(18(23)24)20-12-11-19-15)21(13-7-3-1-4-8-13)14-9-5-2-6-10-14/h11-14H,1-10H2,(H,23,24). The van der Waals surface area contributed by atoms with Gasteiger partial charge in [0.2, 0.25) is 0 Å². The first-order valence-corrected chi connectivity index (χ1v) is 9.05. The summed E-state index contributed by atoms with van der Waals surface area (Å²) in [5.41, 5.74) is -0.250. The third-order valence-corrected chi connectivity index (χ3v) is 5.27. The molecule has 0 radical (unpaired) electrons. The van der Waals surface area contributed by atoms with Crippen molar-refractivity contribution in [3.8, 4) is 0 Å². The predicted molar refractivity (Wildman–Crippen MR) is 88.9 cm³/mol. The molecule has 3 rings (SSSR count). The zero-order valence-corrected chi connectivity index (χ0v) is 14.0. The van der Waals surface area contributed by atoms with Crippen LogP contribution in [0.15, 0.2) is 12.4 Å². The Labute approximate surface area is 142 Å². The van der Waals surface area contributed by atoms with E-state index in [4.69, 9.17) is 0 Å². The van der Waals surface area contributed by atoms with E-state index in [1.165, 1.54) is 25.2 Å². The molecule has 2 fully saturated rings. The van der Waals surface area contributed by atoms with Crippen LogP contribution in [0.5, 0.6) is 0 Å². The number of carbonyl (C=O) groups is 2. The molecule has 1 aromatic rings. The van der Waals surface area contributed by atoms with E-state index in [-0.39, 0.29) is 29.4 Å². The number of carboxylic acids is 1. The maximum atomic E-state index is 13.2. The van der Waals surface area contributed by atoms with Crippen molar-refractivity contribution in [3.05, 3.63) is 23.8 Å². The summed E-state index contributed by atoms with van der Waals surface area (Å²) in [6.45, 7) is 0. The van der Waals surface area contributed by atoms with Gasteiger partial charge in [-0.05, 0) is 25.7 Å². The smallest absolute Gasteiger partial charge is 0.356 e. The van der Waals surface area contributed by atoms with Crippen LogP contribution in [-0.2, 0) is 0 Å². The number of rotatable bonds is 4. The molecule has 24 heavy (non-hydrogen) atoms. The Hall–Kier alpha value is -1.98. The fraction of sp³-hybridized carbons (Fsp3) is 0.667. The third-order valence-electron chi connectivity index (χ3n) is 5.27. The second kappa shape index (κ2) is 7.73. The second-order valence-electron chi connectivity index (χ2n) is 6.85. The van der Waals surface area contributed by atoms with Crippen LogP contribution in [-0.4, -0.2) is 43.9 Å². The van der Waals surface area contributed by atoms with Crippen LogP contribution in [0.3, 0.4) is 0 Å². The van der Waals surface area contributed by atoms with Crippen molar-refractivity contribution in [1.82, 2.24) is 14.9 Å². The molecule has 1 aromatic heterocycles. The van der Waals surface area contributed by atoms with Crippen LogP contribution < -0.4 is 0 Å². The van der Waals surface area contributed by atoms with Gasteiger partial charge in [0.1, 0.15) is 0 Å². The molecule has 0 unspecified atom stereocenters. The van der Waals surface area contributed by atoms with Gasteiger partial charge in [-0.2, -0.15) is 0 Å². The summed E-state index contributed by atoms with van der Waals surface area (Å²) < 4.78 is 0.